The van der Waals surface area contributed by atoms with Crippen LogP contribution < -0.4 is 5.63 Å². The van der Waals surface area contributed by atoms with Gasteiger partial charge in [0, 0.05) is 6.07 Å². The van der Waals surface area contributed by atoms with Gasteiger partial charge in [0.25, 0.3) is 0 Å². The Morgan fingerprint density at radius 3 is 2.67 bits per heavy atom. The van der Waals surface area contributed by atoms with Crippen molar-refractivity contribution in [2.75, 3.05) is 0 Å². The smallest absolute Gasteiger partial charge is 0.336 e. The number of nitro benzene ring substituents is 1. The van der Waals surface area contributed by atoms with Crippen LogP contribution >= 0.6 is 0 Å². The summed E-state index contributed by atoms with van der Waals surface area (Å²) in [6.45, 7) is 0. The minimum atomic E-state index is -0.725. The molecule has 1 aromatic carbocycles. The zero-order chi connectivity index (χ0) is 11.0. The highest BCUT2D eigenvalue weighted by Crippen LogP contribution is 2.33. The van der Waals surface area contributed by atoms with Gasteiger partial charge in [-0.3, -0.25) is 10.1 Å². The first-order valence-electron chi connectivity index (χ1n) is 4.00. The van der Waals surface area contributed by atoms with Gasteiger partial charge >= 0.3 is 11.3 Å². The van der Waals surface area contributed by atoms with E-state index in [1.165, 1.54) is 12.1 Å². The minimum Gasteiger partial charge on any atom is -0.502 e. The lowest BCUT2D eigenvalue weighted by atomic mass is 10.2. The van der Waals surface area contributed by atoms with Crippen molar-refractivity contribution in [3.63, 3.8) is 0 Å². The van der Waals surface area contributed by atoms with Crippen LogP contribution in [0.25, 0.3) is 11.0 Å². The molecule has 0 amide bonds. The molecule has 2 rings (SSSR count). The molecule has 0 bridgehead atoms. The Bertz CT molecular complexity index is 601. The molecule has 0 saturated heterocycles. The van der Waals surface area contributed by atoms with Gasteiger partial charge in [-0.2, -0.15) is 0 Å². The van der Waals surface area contributed by atoms with Gasteiger partial charge in [-0.05, 0) is 18.2 Å². The Morgan fingerprint density at radius 2 is 2.00 bits per heavy atom. The van der Waals surface area contributed by atoms with Crippen molar-refractivity contribution in [1.82, 2.24) is 0 Å². The second-order valence-electron chi connectivity index (χ2n) is 2.86. The third kappa shape index (κ3) is 1.41. The molecule has 1 N–H and O–H groups in total. The van der Waals surface area contributed by atoms with Crippen LogP contribution in [0.4, 0.5) is 5.69 Å². The average Bonchev–Trinajstić information content (AvgIpc) is 2.17. The van der Waals surface area contributed by atoms with Crippen molar-refractivity contribution in [3.8, 4) is 5.75 Å². The fourth-order valence-corrected chi connectivity index (χ4v) is 1.31. The van der Waals surface area contributed by atoms with Crippen molar-refractivity contribution >= 4 is 16.7 Å². The van der Waals surface area contributed by atoms with E-state index in [9.17, 15) is 20.0 Å². The summed E-state index contributed by atoms with van der Waals surface area (Å²) in [6, 6.07) is 4.73. The number of aromatic hydroxyl groups is 1. The molecule has 0 aliphatic heterocycles. The Kier molecular flexibility index (Phi) is 1.89. The largest absolute Gasteiger partial charge is 0.502 e. The van der Waals surface area contributed by atoms with Gasteiger partial charge < -0.3 is 9.52 Å². The molecule has 15 heavy (non-hydrogen) atoms. The first-order chi connectivity index (χ1) is 7.09. The summed E-state index contributed by atoms with van der Waals surface area (Å²) >= 11 is 0. The second kappa shape index (κ2) is 3.09. The third-order valence-electron chi connectivity index (χ3n) is 1.93. The molecule has 6 nitrogen and oxygen atoms in total. The van der Waals surface area contributed by atoms with Crippen LogP contribution in [0.3, 0.4) is 0 Å². The maximum absolute atomic E-state index is 10.9. The van der Waals surface area contributed by atoms with E-state index in [-0.39, 0.29) is 11.0 Å². The van der Waals surface area contributed by atoms with Gasteiger partial charge in [0.1, 0.15) is 5.58 Å². The lowest BCUT2D eigenvalue weighted by molar-refractivity contribution is -0.384. The van der Waals surface area contributed by atoms with Gasteiger partial charge in [0.15, 0.2) is 5.75 Å². The summed E-state index contributed by atoms with van der Waals surface area (Å²) in [5.41, 5.74) is -0.981. The van der Waals surface area contributed by atoms with Crippen molar-refractivity contribution in [1.29, 1.82) is 0 Å². The molecule has 0 aliphatic rings. The number of phenols is 1. The fraction of sp³-hybridized carbons (Fsp3) is 0. The van der Waals surface area contributed by atoms with Crippen molar-refractivity contribution in [2.45, 2.75) is 0 Å². The van der Waals surface area contributed by atoms with Gasteiger partial charge in [0.05, 0.1) is 10.3 Å². The van der Waals surface area contributed by atoms with E-state index in [2.05, 4.69) is 0 Å². The standard InChI is InChI=1S/C9H5NO5/c11-6-2-3-7-5(9(6)10(13)14)1-4-8(12)15-7/h1-4,11H. The van der Waals surface area contributed by atoms with Gasteiger partial charge in [-0.15, -0.1) is 0 Å². The topological polar surface area (TPSA) is 93.6 Å². The average molecular weight is 207 g/mol. The molecule has 0 radical (unpaired) electrons. The molecule has 0 atom stereocenters. The highest BCUT2D eigenvalue weighted by molar-refractivity contribution is 5.89. The third-order valence-corrected chi connectivity index (χ3v) is 1.93. The van der Waals surface area contributed by atoms with Crippen LogP contribution in [0.5, 0.6) is 5.75 Å². The lowest BCUT2D eigenvalue weighted by Crippen LogP contribution is -1.96. The molecule has 0 aliphatic carbocycles. The monoisotopic (exact) mass is 207 g/mol. The quantitative estimate of drug-likeness (QED) is 0.433. The van der Waals surface area contributed by atoms with Crippen LogP contribution in [-0.2, 0) is 0 Å². The Hall–Kier alpha value is -2.37. The van der Waals surface area contributed by atoms with Crippen LogP contribution in [0, 0.1) is 10.1 Å². The van der Waals surface area contributed by atoms with E-state index in [1.54, 1.807) is 0 Å². The number of hydrogen-bond acceptors (Lipinski definition) is 5. The number of nitro groups is 1. The summed E-state index contributed by atoms with van der Waals surface area (Å²) < 4.78 is 4.74. The first-order valence-corrected chi connectivity index (χ1v) is 4.00. The molecule has 1 aromatic heterocycles. The summed E-state index contributed by atoms with van der Waals surface area (Å²) in [4.78, 5) is 20.8. The Morgan fingerprint density at radius 1 is 1.27 bits per heavy atom. The van der Waals surface area contributed by atoms with Gasteiger partial charge in [-0.1, -0.05) is 0 Å². The second-order valence-corrected chi connectivity index (χ2v) is 2.86. The normalized spacial score (nSPS) is 10.4. The SMILES string of the molecule is O=c1ccc2c([N+](=O)[O-])c(O)ccc2o1. The molecular weight excluding hydrogens is 202 g/mol. The van der Waals surface area contributed by atoms with Crippen LogP contribution in [-0.4, -0.2) is 10.0 Å². The van der Waals surface area contributed by atoms with Gasteiger partial charge in [0.2, 0.25) is 0 Å². The minimum absolute atomic E-state index is 0.0759. The van der Waals surface area contributed by atoms with E-state index in [1.807, 2.05) is 0 Å². The Labute approximate surface area is 82.5 Å². The molecular formula is C9H5NO5. The van der Waals surface area contributed by atoms with Crippen LogP contribution in [0.15, 0.2) is 33.5 Å². The highest BCUT2D eigenvalue weighted by atomic mass is 16.6. The van der Waals surface area contributed by atoms with E-state index >= 15 is 0 Å². The van der Waals surface area contributed by atoms with Crippen molar-refractivity contribution in [3.05, 3.63) is 44.8 Å². The molecule has 1 heterocycles. The zero-order valence-corrected chi connectivity index (χ0v) is 7.34. The summed E-state index contributed by atoms with van der Waals surface area (Å²) in [7, 11) is 0. The maximum Gasteiger partial charge on any atom is 0.336 e. The first kappa shape index (κ1) is 9.20. The number of benzene rings is 1. The number of phenolic OH excluding ortho intramolecular Hbond substituents is 1. The molecule has 6 heteroatoms. The zero-order valence-electron chi connectivity index (χ0n) is 7.34. The maximum atomic E-state index is 10.9. The highest BCUT2D eigenvalue weighted by Gasteiger charge is 2.18. The van der Waals surface area contributed by atoms with Crippen molar-refractivity contribution in [2.24, 2.45) is 0 Å². The summed E-state index contributed by atoms with van der Waals surface area (Å²) in [6.07, 6.45) is 0. The fourth-order valence-electron chi connectivity index (χ4n) is 1.31. The number of rotatable bonds is 1. The molecule has 0 saturated carbocycles. The molecule has 0 unspecified atom stereocenters. The van der Waals surface area contributed by atoms with E-state index in [4.69, 9.17) is 4.42 Å². The van der Waals surface area contributed by atoms with Gasteiger partial charge in [-0.25, -0.2) is 4.79 Å². The Balaban J connectivity index is 2.94. The number of hydrogen-bond donors (Lipinski definition) is 1. The molecule has 2 aromatic rings. The summed E-state index contributed by atoms with van der Waals surface area (Å²) in [5, 5.41) is 20.0. The predicted molar refractivity (Wildman–Crippen MR) is 50.8 cm³/mol. The van der Waals surface area contributed by atoms with Crippen LogP contribution in [0.1, 0.15) is 0 Å². The van der Waals surface area contributed by atoms with Crippen molar-refractivity contribution < 1.29 is 14.4 Å². The molecule has 0 spiro atoms. The summed E-state index contributed by atoms with van der Waals surface area (Å²) in [5.74, 6) is -0.457. The van der Waals surface area contributed by atoms with Crippen LogP contribution in [0.2, 0.25) is 0 Å². The number of fused-ring (bicyclic) bond motifs is 1. The molecule has 0 fully saturated rings. The predicted octanol–water partition coefficient (Wildman–Crippen LogP) is 1.41. The van der Waals surface area contributed by atoms with E-state index in [0.717, 1.165) is 12.1 Å². The number of nitrogens with zero attached hydrogens (tertiary/aromatic N) is 1. The van der Waals surface area contributed by atoms with E-state index in [0.29, 0.717) is 0 Å². The molecule has 76 valence electrons. The van der Waals surface area contributed by atoms with E-state index < -0.39 is 22.0 Å². The lowest BCUT2D eigenvalue weighted by Gasteiger charge is -1.99.